The van der Waals surface area contributed by atoms with E-state index in [0.29, 0.717) is 12.1 Å². The van der Waals surface area contributed by atoms with Crippen molar-refractivity contribution in [3.63, 3.8) is 0 Å². The molecule has 1 aromatic carbocycles. The molecule has 21 heavy (non-hydrogen) atoms. The highest BCUT2D eigenvalue weighted by atomic mass is 19.1. The number of nitrogens with zero attached hydrogens (tertiary/aromatic N) is 1. The molecule has 1 heterocycles. The average Bonchev–Trinajstić information content (AvgIpc) is 2.41. The highest BCUT2D eigenvalue weighted by molar-refractivity contribution is 5.95. The summed E-state index contributed by atoms with van der Waals surface area (Å²) in [5, 5.41) is 13.4. The lowest BCUT2D eigenvalue weighted by Crippen LogP contribution is -2.51. The Labute approximate surface area is 117 Å². The maximum Gasteiger partial charge on any atom is 0.338 e. The van der Waals surface area contributed by atoms with E-state index in [9.17, 15) is 23.2 Å². The molecule has 0 aromatic heterocycles. The van der Waals surface area contributed by atoms with Crippen LogP contribution in [0.5, 0.6) is 0 Å². The van der Waals surface area contributed by atoms with Gasteiger partial charge < -0.3 is 20.6 Å². The van der Waals surface area contributed by atoms with E-state index in [1.54, 1.807) is 0 Å². The number of carbonyl (C=O) groups is 3. The molecule has 0 saturated carbocycles. The van der Waals surface area contributed by atoms with Crippen LogP contribution < -0.4 is 10.6 Å². The topological polar surface area (TPSA) is 98.7 Å². The van der Waals surface area contributed by atoms with E-state index in [1.807, 2.05) is 0 Å². The van der Waals surface area contributed by atoms with E-state index in [2.05, 4.69) is 10.6 Å². The van der Waals surface area contributed by atoms with Gasteiger partial charge in [0.25, 0.3) is 0 Å². The molecule has 7 nitrogen and oxygen atoms in total. The SMILES string of the molecule is O=C1CN(C(=O)Nc2cc(C(=O)O)c(F)cc2F)CCN1. The van der Waals surface area contributed by atoms with Crippen molar-refractivity contribution in [2.75, 3.05) is 25.0 Å². The second-order valence-electron chi connectivity index (χ2n) is 4.32. The van der Waals surface area contributed by atoms with E-state index >= 15 is 0 Å². The van der Waals surface area contributed by atoms with Crippen molar-refractivity contribution < 1.29 is 28.3 Å². The summed E-state index contributed by atoms with van der Waals surface area (Å²) < 4.78 is 26.8. The van der Waals surface area contributed by atoms with Gasteiger partial charge in [0, 0.05) is 19.2 Å². The van der Waals surface area contributed by atoms with Crippen LogP contribution in [0.15, 0.2) is 12.1 Å². The third-order valence-electron chi connectivity index (χ3n) is 2.85. The molecule has 9 heteroatoms. The number of anilines is 1. The predicted octanol–water partition coefficient (Wildman–Crippen LogP) is 0.627. The molecule has 1 fully saturated rings. The van der Waals surface area contributed by atoms with Crippen LogP contribution in [-0.4, -0.2) is 47.5 Å². The van der Waals surface area contributed by atoms with Crippen molar-refractivity contribution in [3.8, 4) is 0 Å². The van der Waals surface area contributed by atoms with Gasteiger partial charge in [-0.3, -0.25) is 4.79 Å². The van der Waals surface area contributed by atoms with Gasteiger partial charge in [-0.15, -0.1) is 0 Å². The van der Waals surface area contributed by atoms with Gasteiger partial charge >= 0.3 is 12.0 Å². The molecule has 0 atom stereocenters. The molecule has 3 amide bonds. The second kappa shape index (κ2) is 5.73. The van der Waals surface area contributed by atoms with Crippen LogP contribution in [0, 0.1) is 11.6 Å². The van der Waals surface area contributed by atoms with Gasteiger partial charge in [0.2, 0.25) is 5.91 Å². The molecule has 3 N–H and O–H groups in total. The number of carboxylic acids is 1. The number of halogens is 2. The van der Waals surface area contributed by atoms with Gasteiger partial charge in [0.05, 0.1) is 11.3 Å². The van der Waals surface area contributed by atoms with Crippen molar-refractivity contribution in [2.24, 2.45) is 0 Å². The van der Waals surface area contributed by atoms with Crippen molar-refractivity contribution in [1.29, 1.82) is 0 Å². The standard InChI is InChI=1S/C12H11F2N3O4/c13-7-4-8(14)9(3-6(7)11(19)20)16-12(21)17-2-1-15-10(18)5-17/h3-4H,1-2,5H2,(H,15,18)(H,16,21)(H,19,20). The molecule has 0 aliphatic carbocycles. The number of urea groups is 1. The van der Waals surface area contributed by atoms with Crippen molar-refractivity contribution in [3.05, 3.63) is 29.3 Å². The lowest BCUT2D eigenvalue weighted by molar-refractivity contribution is -0.123. The zero-order chi connectivity index (χ0) is 15.6. The number of amides is 3. The van der Waals surface area contributed by atoms with Crippen molar-refractivity contribution >= 4 is 23.6 Å². The molecule has 1 aromatic rings. The lowest BCUT2D eigenvalue weighted by atomic mass is 10.2. The molecule has 2 rings (SSSR count). The Morgan fingerprint density at radius 3 is 2.62 bits per heavy atom. The van der Waals surface area contributed by atoms with E-state index < -0.39 is 34.9 Å². The number of benzene rings is 1. The number of piperazine rings is 1. The number of carboxylic acid groups (broad SMARTS) is 1. The Hall–Kier alpha value is -2.71. The quantitative estimate of drug-likeness (QED) is 0.745. The van der Waals surface area contributed by atoms with Crippen LogP contribution in [-0.2, 0) is 4.79 Å². The summed E-state index contributed by atoms with van der Waals surface area (Å²) in [7, 11) is 0. The first kappa shape index (κ1) is 14.7. The summed E-state index contributed by atoms with van der Waals surface area (Å²) in [5.74, 6) is -4.29. The van der Waals surface area contributed by atoms with E-state index in [0.717, 1.165) is 4.90 Å². The maximum absolute atomic E-state index is 13.6. The van der Waals surface area contributed by atoms with Gasteiger partial charge in [-0.05, 0) is 6.07 Å². The predicted molar refractivity (Wildman–Crippen MR) is 66.9 cm³/mol. The minimum absolute atomic E-state index is 0.194. The normalized spacial score (nSPS) is 14.6. The Morgan fingerprint density at radius 2 is 2.00 bits per heavy atom. The third kappa shape index (κ3) is 3.25. The van der Waals surface area contributed by atoms with Crippen LogP contribution in [0.4, 0.5) is 19.3 Å². The Bertz CT molecular complexity index is 621. The van der Waals surface area contributed by atoms with Crippen LogP contribution in [0.1, 0.15) is 10.4 Å². The minimum atomic E-state index is -1.58. The van der Waals surface area contributed by atoms with Gasteiger partial charge in [-0.25, -0.2) is 18.4 Å². The Morgan fingerprint density at radius 1 is 1.29 bits per heavy atom. The summed E-state index contributed by atoms with van der Waals surface area (Å²) >= 11 is 0. The fourth-order valence-corrected chi connectivity index (χ4v) is 1.81. The smallest absolute Gasteiger partial charge is 0.338 e. The lowest BCUT2D eigenvalue weighted by Gasteiger charge is -2.26. The molecular weight excluding hydrogens is 288 g/mol. The molecule has 1 saturated heterocycles. The minimum Gasteiger partial charge on any atom is -0.478 e. The molecule has 0 spiro atoms. The van der Waals surface area contributed by atoms with Crippen LogP contribution in [0.3, 0.4) is 0 Å². The second-order valence-corrected chi connectivity index (χ2v) is 4.32. The number of rotatable bonds is 2. The Kier molecular flexibility index (Phi) is 4.01. The van der Waals surface area contributed by atoms with Crippen LogP contribution >= 0.6 is 0 Å². The highest BCUT2D eigenvalue weighted by Gasteiger charge is 2.23. The van der Waals surface area contributed by atoms with Gasteiger partial charge in [0.1, 0.15) is 18.2 Å². The Balaban J connectivity index is 2.19. The first-order chi connectivity index (χ1) is 9.88. The molecule has 1 aliphatic rings. The fraction of sp³-hybridized carbons (Fsp3) is 0.250. The zero-order valence-electron chi connectivity index (χ0n) is 10.7. The third-order valence-corrected chi connectivity index (χ3v) is 2.85. The summed E-state index contributed by atoms with van der Waals surface area (Å²) in [6.07, 6.45) is 0. The highest BCUT2D eigenvalue weighted by Crippen LogP contribution is 2.20. The molecule has 0 radical (unpaired) electrons. The summed E-state index contributed by atoms with van der Waals surface area (Å²) in [5.41, 5.74) is -1.23. The first-order valence-corrected chi connectivity index (χ1v) is 5.93. The van der Waals surface area contributed by atoms with Gasteiger partial charge in [0.15, 0.2) is 0 Å². The van der Waals surface area contributed by atoms with Crippen molar-refractivity contribution in [2.45, 2.75) is 0 Å². The molecular formula is C12H11F2N3O4. The molecule has 0 bridgehead atoms. The van der Waals surface area contributed by atoms with Crippen LogP contribution in [0.25, 0.3) is 0 Å². The van der Waals surface area contributed by atoms with Crippen LogP contribution in [0.2, 0.25) is 0 Å². The number of carbonyl (C=O) groups excluding carboxylic acids is 2. The first-order valence-electron chi connectivity index (χ1n) is 5.93. The summed E-state index contributed by atoms with van der Waals surface area (Å²) in [6, 6.07) is 0.295. The van der Waals surface area contributed by atoms with E-state index in [4.69, 9.17) is 5.11 Å². The average molecular weight is 299 g/mol. The number of nitrogens with one attached hydrogen (secondary N) is 2. The van der Waals surface area contributed by atoms with E-state index in [1.165, 1.54) is 0 Å². The number of aromatic carboxylic acids is 1. The molecule has 1 aliphatic heterocycles. The summed E-state index contributed by atoms with van der Waals surface area (Å²) in [6.45, 7) is 0.297. The van der Waals surface area contributed by atoms with Crippen molar-refractivity contribution in [1.82, 2.24) is 10.2 Å². The number of hydrogen-bond acceptors (Lipinski definition) is 3. The van der Waals surface area contributed by atoms with Gasteiger partial charge in [-0.2, -0.15) is 0 Å². The largest absolute Gasteiger partial charge is 0.478 e. The monoisotopic (exact) mass is 299 g/mol. The zero-order valence-corrected chi connectivity index (χ0v) is 10.7. The van der Waals surface area contributed by atoms with Gasteiger partial charge in [-0.1, -0.05) is 0 Å². The molecule has 0 unspecified atom stereocenters. The summed E-state index contributed by atoms with van der Waals surface area (Å²) in [4.78, 5) is 34.9. The number of hydrogen-bond donors (Lipinski definition) is 3. The maximum atomic E-state index is 13.6. The fourth-order valence-electron chi connectivity index (χ4n) is 1.81. The molecule has 112 valence electrons. The van der Waals surface area contributed by atoms with E-state index in [-0.39, 0.29) is 25.5 Å².